The van der Waals surface area contributed by atoms with Crippen molar-refractivity contribution in [1.29, 1.82) is 0 Å². The van der Waals surface area contributed by atoms with E-state index in [1.165, 1.54) is 23.8 Å². The van der Waals surface area contributed by atoms with Crippen molar-refractivity contribution in [2.75, 3.05) is 27.8 Å². The summed E-state index contributed by atoms with van der Waals surface area (Å²) in [5.41, 5.74) is 3.68. The van der Waals surface area contributed by atoms with Gasteiger partial charge in [0.2, 0.25) is 0 Å². The molecular weight excluding hydrogens is 340 g/mol. The molecule has 0 amide bonds. The Hall–Kier alpha value is -1.59. The first-order chi connectivity index (χ1) is 12.4. The predicted octanol–water partition coefficient (Wildman–Crippen LogP) is 3.24. The third kappa shape index (κ3) is 4.82. The molecule has 5 heteroatoms. The van der Waals surface area contributed by atoms with Crippen molar-refractivity contribution >= 4 is 5.97 Å². The lowest BCUT2D eigenvalue weighted by molar-refractivity contribution is -0.146. The van der Waals surface area contributed by atoms with Crippen LogP contribution in [0.25, 0.3) is 0 Å². The molecule has 1 aromatic rings. The molecule has 0 aliphatic carbocycles. The second-order valence-corrected chi connectivity index (χ2v) is 9.66. The van der Waals surface area contributed by atoms with Crippen LogP contribution in [0.5, 0.6) is 5.75 Å². The number of hydrogen-bond donors (Lipinski definition) is 1. The van der Waals surface area contributed by atoms with E-state index in [0.29, 0.717) is 0 Å². The van der Waals surface area contributed by atoms with Crippen molar-refractivity contribution in [2.24, 2.45) is 0 Å². The van der Waals surface area contributed by atoms with Gasteiger partial charge >= 0.3 is 5.97 Å². The number of nitrogens with one attached hydrogen (secondary N) is 1. The van der Waals surface area contributed by atoms with Gasteiger partial charge in [-0.2, -0.15) is 0 Å². The summed E-state index contributed by atoms with van der Waals surface area (Å²) in [5.74, 6) is 0.753. The summed E-state index contributed by atoms with van der Waals surface area (Å²) >= 11 is 0. The summed E-state index contributed by atoms with van der Waals surface area (Å²) < 4.78 is 10.8. The zero-order valence-electron chi connectivity index (χ0n) is 18.4. The minimum Gasteiger partial charge on any atom is -0.496 e. The zero-order valence-corrected chi connectivity index (χ0v) is 18.4. The van der Waals surface area contributed by atoms with Crippen LogP contribution in [0, 0.1) is 0 Å². The highest BCUT2D eigenvalue weighted by atomic mass is 16.5. The summed E-state index contributed by atoms with van der Waals surface area (Å²) in [5, 5.41) is 3.41. The molecule has 2 rings (SSSR count). The molecule has 1 heterocycles. The third-order valence-electron chi connectivity index (χ3n) is 5.22. The Morgan fingerprint density at radius 2 is 1.63 bits per heavy atom. The highest BCUT2D eigenvalue weighted by Crippen LogP contribution is 2.40. The minimum atomic E-state index is -0.373. The molecule has 0 saturated carbocycles. The van der Waals surface area contributed by atoms with Crippen LogP contribution in [0.2, 0.25) is 0 Å². The van der Waals surface area contributed by atoms with Gasteiger partial charge in [0, 0.05) is 23.7 Å². The number of esters is 1. The molecule has 1 N–H and O–H groups in total. The minimum absolute atomic E-state index is 0.0181. The van der Waals surface area contributed by atoms with E-state index in [0.717, 1.165) is 18.7 Å². The zero-order chi connectivity index (χ0) is 20.6. The number of benzene rings is 1. The first kappa shape index (κ1) is 21.7. The Labute approximate surface area is 164 Å². The molecule has 1 aromatic carbocycles. The molecule has 152 valence electrons. The van der Waals surface area contributed by atoms with Gasteiger partial charge in [-0.3, -0.25) is 10.2 Å². The van der Waals surface area contributed by atoms with Gasteiger partial charge in [0.15, 0.2) is 6.17 Å². The van der Waals surface area contributed by atoms with Crippen molar-refractivity contribution in [3.05, 3.63) is 28.8 Å². The van der Waals surface area contributed by atoms with Gasteiger partial charge in [-0.1, -0.05) is 53.7 Å². The lowest BCUT2D eigenvalue weighted by atomic mass is 9.78. The van der Waals surface area contributed by atoms with E-state index in [2.05, 4.69) is 59.0 Å². The largest absolute Gasteiger partial charge is 0.496 e. The van der Waals surface area contributed by atoms with Crippen molar-refractivity contribution in [2.45, 2.75) is 71.0 Å². The fourth-order valence-corrected chi connectivity index (χ4v) is 3.76. The van der Waals surface area contributed by atoms with Crippen LogP contribution in [0.15, 0.2) is 12.1 Å². The number of rotatable bonds is 4. The van der Waals surface area contributed by atoms with E-state index < -0.39 is 0 Å². The van der Waals surface area contributed by atoms with E-state index in [9.17, 15) is 4.79 Å². The average molecular weight is 377 g/mol. The smallest absolute Gasteiger partial charge is 0.338 e. The Balaban J connectivity index is 2.39. The van der Waals surface area contributed by atoms with Crippen LogP contribution >= 0.6 is 0 Å². The summed E-state index contributed by atoms with van der Waals surface area (Å²) in [7, 11) is 5.14. The fourth-order valence-electron chi connectivity index (χ4n) is 3.76. The summed E-state index contributed by atoms with van der Waals surface area (Å²) in [6, 6.07) is 4.73. The van der Waals surface area contributed by atoms with Gasteiger partial charge in [-0.05, 0) is 29.9 Å². The number of nitrogens with zero attached hydrogens (tertiary/aromatic N) is 1. The highest BCUT2D eigenvalue weighted by Gasteiger charge is 2.35. The van der Waals surface area contributed by atoms with Crippen molar-refractivity contribution in [3.63, 3.8) is 0 Å². The van der Waals surface area contributed by atoms with Crippen LogP contribution in [-0.4, -0.2) is 50.9 Å². The molecule has 1 fully saturated rings. The number of carbonyl (C=O) groups excluding carboxylic acids is 1. The Morgan fingerprint density at radius 3 is 2.04 bits per heavy atom. The highest BCUT2D eigenvalue weighted by molar-refractivity contribution is 5.75. The summed E-state index contributed by atoms with van der Waals surface area (Å²) in [6.07, 6.45) is 0.482. The van der Waals surface area contributed by atoms with E-state index in [1.54, 1.807) is 7.11 Å². The fraction of sp³-hybridized carbons (Fsp3) is 0.682. The molecule has 0 bridgehead atoms. The van der Waals surface area contributed by atoms with E-state index in [-0.39, 0.29) is 29.0 Å². The van der Waals surface area contributed by atoms with Crippen LogP contribution in [0.1, 0.15) is 58.2 Å². The molecule has 1 aliphatic rings. The standard InChI is InChI=1S/C22H36N2O3/c1-21(2,3)16-11-14(12-17(18(16)26-8)22(4,5)6)10-15-13-24(7)19(23-15)20(25)27-9/h11-12,15,19,23H,10,13H2,1-9H3/t15-,19?/m1/s1. The molecule has 1 unspecified atom stereocenters. The van der Waals surface area contributed by atoms with Gasteiger partial charge < -0.3 is 9.47 Å². The molecule has 1 aliphatic heterocycles. The molecular formula is C22H36N2O3. The van der Waals surface area contributed by atoms with Gasteiger partial charge in [0.1, 0.15) is 5.75 Å². The molecule has 0 spiro atoms. The Bertz CT molecular complexity index is 651. The van der Waals surface area contributed by atoms with Crippen LogP contribution in [0.3, 0.4) is 0 Å². The number of carbonyl (C=O) groups is 1. The SMILES string of the molecule is COC(=O)C1N[C@H](Cc2cc(C(C)(C)C)c(OC)c(C(C)(C)C)c2)CN1C. The molecule has 0 aromatic heterocycles. The van der Waals surface area contributed by atoms with Crippen LogP contribution < -0.4 is 10.1 Å². The number of methoxy groups -OCH3 is 2. The molecule has 27 heavy (non-hydrogen) atoms. The number of ether oxygens (including phenoxy) is 2. The van der Waals surface area contributed by atoms with Gasteiger partial charge in [-0.15, -0.1) is 0 Å². The second-order valence-electron chi connectivity index (χ2n) is 9.66. The lowest BCUT2D eigenvalue weighted by Crippen LogP contribution is -2.42. The Kier molecular flexibility index (Phi) is 6.27. The summed E-state index contributed by atoms with van der Waals surface area (Å²) in [4.78, 5) is 13.9. The quantitative estimate of drug-likeness (QED) is 0.818. The number of hydrogen-bond acceptors (Lipinski definition) is 5. The van der Waals surface area contributed by atoms with E-state index >= 15 is 0 Å². The average Bonchev–Trinajstić information content (AvgIpc) is 2.92. The maximum absolute atomic E-state index is 11.9. The topological polar surface area (TPSA) is 50.8 Å². The predicted molar refractivity (Wildman–Crippen MR) is 109 cm³/mol. The maximum Gasteiger partial charge on any atom is 0.338 e. The third-order valence-corrected chi connectivity index (χ3v) is 5.22. The van der Waals surface area contributed by atoms with Gasteiger partial charge in [0.25, 0.3) is 0 Å². The molecule has 0 radical (unpaired) electrons. The van der Waals surface area contributed by atoms with Crippen LogP contribution in [-0.2, 0) is 26.8 Å². The maximum atomic E-state index is 11.9. The van der Waals surface area contributed by atoms with Crippen molar-refractivity contribution < 1.29 is 14.3 Å². The van der Waals surface area contributed by atoms with Gasteiger partial charge in [-0.25, -0.2) is 4.79 Å². The van der Waals surface area contributed by atoms with E-state index in [1.807, 2.05) is 11.9 Å². The molecule has 5 nitrogen and oxygen atoms in total. The van der Waals surface area contributed by atoms with Gasteiger partial charge in [0.05, 0.1) is 14.2 Å². The monoisotopic (exact) mass is 376 g/mol. The number of likely N-dealkylation sites (N-methyl/N-ethyl adjacent to an activating group) is 1. The van der Waals surface area contributed by atoms with E-state index in [4.69, 9.17) is 9.47 Å². The normalized spacial score (nSPS) is 21.4. The van der Waals surface area contributed by atoms with Crippen molar-refractivity contribution in [1.82, 2.24) is 10.2 Å². The second kappa shape index (κ2) is 7.80. The molecule has 1 saturated heterocycles. The summed E-state index contributed by atoms with van der Waals surface area (Å²) in [6.45, 7) is 14.1. The Morgan fingerprint density at radius 1 is 1.11 bits per heavy atom. The lowest BCUT2D eigenvalue weighted by Gasteiger charge is -2.30. The van der Waals surface area contributed by atoms with Crippen LogP contribution in [0.4, 0.5) is 0 Å². The first-order valence-corrected chi connectivity index (χ1v) is 9.64. The first-order valence-electron chi connectivity index (χ1n) is 9.64. The van der Waals surface area contributed by atoms with Crippen molar-refractivity contribution in [3.8, 4) is 5.75 Å². The molecule has 2 atom stereocenters.